The molecule has 2 atom stereocenters. The Balaban J connectivity index is 2.20. The molecule has 1 aromatic rings. The van der Waals surface area contributed by atoms with Crippen LogP contribution in [-0.2, 0) is 0 Å². The molecule has 0 radical (unpaired) electrons. The Kier molecular flexibility index (Phi) is 5.84. The lowest BCUT2D eigenvalue weighted by Gasteiger charge is -2.36. The summed E-state index contributed by atoms with van der Waals surface area (Å²) >= 11 is 0. The second-order valence-electron chi connectivity index (χ2n) is 5.94. The first-order chi connectivity index (χ1) is 9.76. The van der Waals surface area contributed by atoms with Crippen molar-refractivity contribution >= 4 is 5.82 Å². The fourth-order valence-electron chi connectivity index (χ4n) is 3.04. The Hall–Kier alpha value is -1.09. The third-order valence-corrected chi connectivity index (χ3v) is 4.32. The molecule has 0 aliphatic carbocycles. The summed E-state index contributed by atoms with van der Waals surface area (Å²) in [6, 6.07) is 5.36. The van der Waals surface area contributed by atoms with Gasteiger partial charge in [0.15, 0.2) is 0 Å². The van der Waals surface area contributed by atoms with Gasteiger partial charge in [0.05, 0.1) is 0 Å². The zero-order chi connectivity index (χ0) is 14.4. The molecule has 1 saturated heterocycles. The van der Waals surface area contributed by atoms with Crippen molar-refractivity contribution in [2.24, 2.45) is 0 Å². The van der Waals surface area contributed by atoms with Gasteiger partial charge in [0.2, 0.25) is 0 Å². The minimum Gasteiger partial charge on any atom is -0.367 e. The molecule has 0 aromatic carbocycles. The van der Waals surface area contributed by atoms with E-state index in [2.05, 4.69) is 48.1 Å². The summed E-state index contributed by atoms with van der Waals surface area (Å²) in [7, 11) is 0. The van der Waals surface area contributed by atoms with E-state index in [9.17, 15) is 0 Å². The van der Waals surface area contributed by atoms with Crippen LogP contribution in [-0.4, -0.2) is 29.0 Å². The number of aromatic nitrogens is 1. The van der Waals surface area contributed by atoms with Crippen molar-refractivity contribution in [3.63, 3.8) is 0 Å². The lowest BCUT2D eigenvalue weighted by Crippen LogP contribution is -2.34. The van der Waals surface area contributed by atoms with E-state index >= 15 is 0 Å². The highest BCUT2D eigenvalue weighted by atomic mass is 15.2. The Morgan fingerprint density at radius 2 is 2.25 bits per heavy atom. The molecule has 0 spiro atoms. The highest BCUT2D eigenvalue weighted by molar-refractivity contribution is 5.46. The number of likely N-dealkylation sites (tertiary alicyclic amines) is 1. The van der Waals surface area contributed by atoms with Crippen molar-refractivity contribution in [1.29, 1.82) is 0 Å². The number of nitrogens with one attached hydrogen (secondary N) is 1. The van der Waals surface area contributed by atoms with Gasteiger partial charge in [-0.2, -0.15) is 0 Å². The minimum absolute atomic E-state index is 0.479. The Bertz CT molecular complexity index is 403. The summed E-state index contributed by atoms with van der Waals surface area (Å²) < 4.78 is 0. The van der Waals surface area contributed by atoms with Crippen LogP contribution in [0, 0.1) is 0 Å². The largest absolute Gasteiger partial charge is 0.367 e. The molecule has 1 aliphatic rings. The van der Waals surface area contributed by atoms with Gasteiger partial charge in [0, 0.05) is 23.8 Å². The molecular weight excluding hydrogens is 246 g/mol. The molecule has 1 aromatic heterocycles. The minimum atomic E-state index is 0.479. The first-order valence-corrected chi connectivity index (χ1v) is 8.21. The molecule has 112 valence electrons. The smallest absolute Gasteiger partial charge is 0.130 e. The Morgan fingerprint density at radius 1 is 1.40 bits per heavy atom. The fourth-order valence-corrected chi connectivity index (χ4v) is 3.04. The predicted octanol–water partition coefficient (Wildman–Crippen LogP) is 4.23. The van der Waals surface area contributed by atoms with E-state index in [-0.39, 0.29) is 0 Å². The predicted molar refractivity (Wildman–Crippen MR) is 86.1 cm³/mol. The molecular formula is C17H29N3. The van der Waals surface area contributed by atoms with Gasteiger partial charge in [0.1, 0.15) is 5.82 Å². The van der Waals surface area contributed by atoms with Crippen LogP contribution in [0.15, 0.2) is 18.3 Å². The maximum absolute atomic E-state index is 4.60. The van der Waals surface area contributed by atoms with Crippen LogP contribution in [0.1, 0.15) is 64.5 Å². The van der Waals surface area contributed by atoms with Crippen LogP contribution >= 0.6 is 0 Å². The zero-order valence-electron chi connectivity index (χ0n) is 13.2. The van der Waals surface area contributed by atoms with Crippen LogP contribution in [0.5, 0.6) is 0 Å². The Morgan fingerprint density at radius 3 is 3.00 bits per heavy atom. The average molecular weight is 275 g/mol. The maximum Gasteiger partial charge on any atom is 0.130 e. The van der Waals surface area contributed by atoms with E-state index < -0.39 is 0 Å². The van der Waals surface area contributed by atoms with Gasteiger partial charge in [-0.05, 0) is 51.8 Å². The maximum atomic E-state index is 4.60. The topological polar surface area (TPSA) is 28.2 Å². The van der Waals surface area contributed by atoms with Crippen molar-refractivity contribution in [2.75, 3.05) is 18.4 Å². The second kappa shape index (κ2) is 7.63. The molecule has 2 heterocycles. The molecule has 2 rings (SSSR count). The Labute approximate surface area is 123 Å². The van der Waals surface area contributed by atoms with E-state index in [1.807, 2.05) is 6.20 Å². The first kappa shape index (κ1) is 15.3. The molecule has 3 nitrogen and oxygen atoms in total. The van der Waals surface area contributed by atoms with E-state index in [0.717, 1.165) is 12.2 Å². The lowest BCUT2D eigenvalue weighted by molar-refractivity contribution is 0.149. The SMILES string of the molecule is CCCN1CCCCC1c1cccnc1NC(C)CC. The number of nitrogens with zero attached hydrogens (tertiary/aromatic N) is 2. The van der Waals surface area contributed by atoms with Gasteiger partial charge < -0.3 is 5.32 Å². The lowest BCUT2D eigenvalue weighted by atomic mass is 9.95. The number of piperidine rings is 1. The standard InChI is InChI=1S/C17H29N3/c1-4-12-20-13-7-6-10-16(20)15-9-8-11-18-17(15)19-14(3)5-2/h8-9,11,14,16H,4-7,10,12-13H2,1-3H3,(H,18,19). The summed E-state index contributed by atoms with van der Waals surface area (Å²) in [4.78, 5) is 7.24. The van der Waals surface area contributed by atoms with Crippen LogP contribution in [0.25, 0.3) is 0 Å². The van der Waals surface area contributed by atoms with E-state index in [4.69, 9.17) is 0 Å². The summed E-state index contributed by atoms with van der Waals surface area (Å²) in [5.74, 6) is 1.09. The third-order valence-electron chi connectivity index (χ3n) is 4.32. The summed E-state index contributed by atoms with van der Waals surface area (Å²) in [6.45, 7) is 9.14. The molecule has 20 heavy (non-hydrogen) atoms. The van der Waals surface area contributed by atoms with E-state index in [1.165, 1.54) is 44.3 Å². The van der Waals surface area contributed by atoms with Gasteiger partial charge in [0.25, 0.3) is 0 Å². The molecule has 0 amide bonds. The molecule has 0 bridgehead atoms. The molecule has 1 fully saturated rings. The van der Waals surface area contributed by atoms with Gasteiger partial charge in [-0.1, -0.05) is 26.3 Å². The molecule has 1 aliphatic heterocycles. The second-order valence-corrected chi connectivity index (χ2v) is 5.94. The van der Waals surface area contributed by atoms with Gasteiger partial charge in [-0.15, -0.1) is 0 Å². The summed E-state index contributed by atoms with van der Waals surface area (Å²) in [6.07, 6.45) is 8.19. The van der Waals surface area contributed by atoms with E-state index in [1.54, 1.807) is 0 Å². The number of pyridine rings is 1. The van der Waals surface area contributed by atoms with Crippen LogP contribution in [0.2, 0.25) is 0 Å². The highest BCUT2D eigenvalue weighted by Gasteiger charge is 2.25. The number of hydrogen-bond acceptors (Lipinski definition) is 3. The van der Waals surface area contributed by atoms with Gasteiger partial charge >= 0.3 is 0 Å². The number of rotatable bonds is 6. The van der Waals surface area contributed by atoms with Crippen molar-refractivity contribution in [1.82, 2.24) is 9.88 Å². The monoisotopic (exact) mass is 275 g/mol. The molecule has 1 N–H and O–H groups in total. The third kappa shape index (κ3) is 3.72. The van der Waals surface area contributed by atoms with Crippen LogP contribution in [0.4, 0.5) is 5.82 Å². The molecule has 0 saturated carbocycles. The normalized spacial score (nSPS) is 21.6. The average Bonchev–Trinajstić information content (AvgIpc) is 2.49. The van der Waals surface area contributed by atoms with E-state index in [0.29, 0.717) is 12.1 Å². The van der Waals surface area contributed by atoms with Crippen molar-refractivity contribution in [2.45, 2.75) is 65.0 Å². The zero-order valence-corrected chi connectivity index (χ0v) is 13.2. The number of hydrogen-bond donors (Lipinski definition) is 1. The molecule has 2 unspecified atom stereocenters. The first-order valence-electron chi connectivity index (χ1n) is 8.21. The van der Waals surface area contributed by atoms with Crippen LogP contribution < -0.4 is 5.32 Å². The highest BCUT2D eigenvalue weighted by Crippen LogP contribution is 2.34. The fraction of sp³-hybridized carbons (Fsp3) is 0.706. The van der Waals surface area contributed by atoms with Gasteiger partial charge in [-0.3, -0.25) is 4.90 Å². The quantitative estimate of drug-likeness (QED) is 0.842. The van der Waals surface area contributed by atoms with Crippen molar-refractivity contribution in [3.8, 4) is 0 Å². The molecule has 3 heteroatoms. The summed E-state index contributed by atoms with van der Waals surface area (Å²) in [5.41, 5.74) is 1.39. The summed E-state index contributed by atoms with van der Waals surface area (Å²) in [5, 5.41) is 3.58. The van der Waals surface area contributed by atoms with Gasteiger partial charge in [-0.25, -0.2) is 4.98 Å². The van der Waals surface area contributed by atoms with Crippen molar-refractivity contribution < 1.29 is 0 Å². The van der Waals surface area contributed by atoms with Crippen LogP contribution in [0.3, 0.4) is 0 Å². The van der Waals surface area contributed by atoms with Crippen molar-refractivity contribution in [3.05, 3.63) is 23.9 Å². The number of anilines is 1.